The fourth-order valence-electron chi connectivity index (χ4n) is 1.48. The average molecular weight is 315 g/mol. The molecule has 0 heterocycles. The maximum Gasteiger partial charge on any atom is 0.339 e. The minimum atomic E-state index is -0.631. The van der Waals surface area contributed by atoms with Gasteiger partial charge in [-0.05, 0) is 30.5 Å². The third-order valence-corrected chi connectivity index (χ3v) is 2.80. The van der Waals surface area contributed by atoms with Gasteiger partial charge in [-0.25, -0.2) is 4.79 Å². The summed E-state index contributed by atoms with van der Waals surface area (Å²) in [5, 5.41) is 0. The zero-order valence-corrected chi connectivity index (χ0v) is 12.4. The monoisotopic (exact) mass is 314 g/mol. The lowest BCUT2D eigenvalue weighted by Gasteiger charge is -2.17. The van der Waals surface area contributed by atoms with E-state index in [0.29, 0.717) is 13.2 Å². The predicted octanol–water partition coefficient (Wildman–Crippen LogP) is 3.87. The van der Waals surface area contributed by atoms with Crippen LogP contribution in [0.25, 0.3) is 0 Å². The van der Waals surface area contributed by atoms with Crippen LogP contribution in [0.3, 0.4) is 0 Å². The Morgan fingerprint density at radius 1 is 1.28 bits per heavy atom. The average Bonchev–Trinajstić information content (AvgIpc) is 2.37. The van der Waals surface area contributed by atoms with Gasteiger partial charge in [0.1, 0.15) is 0 Å². The first-order valence-corrected chi connectivity index (χ1v) is 7.02. The van der Waals surface area contributed by atoms with E-state index in [1.54, 1.807) is 0 Å². The Bertz CT molecular complexity index is 379. The van der Waals surface area contributed by atoms with Gasteiger partial charge in [0.25, 0.3) is 0 Å². The van der Waals surface area contributed by atoms with Gasteiger partial charge in [0.2, 0.25) is 0 Å². The molecular formula is C14H19BrO3. The van der Waals surface area contributed by atoms with E-state index in [0.717, 1.165) is 22.9 Å². The van der Waals surface area contributed by atoms with Crippen molar-refractivity contribution in [2.45, 2.75) is 32.8 Å². The fourth-order valence-corrected chi connectivity index (χ4v) is 1.90. The van der Waals surface area contributed by atoms with Gasteiger partial charge in [-0.1, -0.05) is 41.9 Å². The normalized spacial score (nSPS) is 12.2. The highest BCUT2D eigenvalue weighted by atomic mass is 79.9. The molecule has 0 amide bonds. The number of hydrogen-bond donors (Lipinski definition) is 0. The predicted molar refractivity (Wildman–Crippen MR) is 74.4 cm³/mol. The van der Waals surface area contributed by atoms with Crippen LogP contribution in [0.5, 0.6) is 0 Å². The zero-order chi connectivity index (χ0) is 13.4. The number of carbonyl (C=O) groups is 1. The molecule has 0 radical (unpaired) electrons. The first-order chi connectivity index (χ1) is 8.69. The Morgan fingerprint density at radius 3 is 2.61 bits per heavy atom. The molecule has 0 aliphatic heterocycles. The van der Waals surface area contributed by atoms with Crippen molar-refractivity contribution in [1.82, 2.24) is 0 Å². The Hall–Kier alpha value is -0.870. The van der Waals surface area contributed by atoms with Crippen LogP contribution in [0.2, 0.25) is 0 Å². The number of carbonyl (C=O) groups excluding carboxylic acids is 1. The fraction of sp³-hybridized carbons (Fsp3) is 0.500. The molecule has 18 heavy (non-hydrogen) atoms. The number of hydrogen-bond acceptors (Lipinski definition) is 3. The van der Waals surface area contributed by atoms with E-state index in [-0.39, 0.29) is 5.97 Å². The van der Waals surface area contributed by atoms with Crippen molar-refractivity contribution in [3.8, 4) is 0 Å². The lowest BCUT2D eigenvalue weighted by Crippen LogP contribution is -2.20. The summed E-state index contributed by atoms with van der Waals surface area (Å²) in [7, 11) is 0. The topological polar surface area (TPSA) is 35.5 Å². The molecule has 1 aromatic rings. The van der Waals surface area contributed by atoms with E-state index < -0.39 is 6.10 Å². The minimum Gasteiger partial charge on any atom is -0.464 e. The molecule has 0 N–H and O–H groups in total. The summed E-state index contributed by atoms with van der Waals surface area (Å²) in [6.07, 6.45) is 1.05. The first-order valence-electron chi connectivity index (χ1n) is 6.22. The number of benzene rings is 1. The molecule has 3 nitrogen and oxygen atoms in total. The van der Waals surface area contributed by atoms with Gasteiger partial charge in [-0.15, -0.1) is 0 Å². The van der Waals surface area contributed by atoms with Crippen LogP contribution in [0.1, 0.15) is 38.4 Å². The number of halogens is 1. The summed E-state index contributed by atoms with van der Waals surface area (Å²) in [5.74, 6) is -0.316. The maximum absolute atomic E-state index is 12.0. The van der Waals surface area contributed by atoms with Crippen LogP contribution >= 0.6 is 15.9 Å². The molecule has 0 aromatic heterocycles. The Balaban J connectivity index is 2.80. The highest BCUT2D eigenvalue weighted by Crippen LogP contribution is 2.23. The van der Waals surface area contributed by atoms with Crippen molar-refractivity contribution >= 4 is 21.9 Å². The molecule has 1 unspecified atom stereocenters. The Kier molecular flexibility index (Phi) is 6.98. The van der Waals surface area contributed by atoms with E-state index in [1.807, 2.05) is 38.1 Å². The van der Waals surface area contributed by atoms with E-state index in [4.69, 9.17) is 9.47 Å². The van der Waals surface area contributed by atoms with Gasteiger partial charge in [0.05, 0.1) is 6.61 Å². The van der Waals surface area contributed by atoms with Gasteiger partial charge in [0.15, 0.2) is 6.10 Å². The van der Waals surface area contributed by atoms with Crippen LogP contribution in [-0.2, 0) is 14.3 Å². The Morgan fingerprint density at radius 2 is 2.00 bits per heavy atom. The third kappa shape index (κ3) is 4.78. The molecule has 1 atom stereocenters. The van der Waals surface area contributed by atoms with Gasteiger partial charge < -0.3 is 9.47 Å². The molecule has 100 valence electrons. The summed E-state index contributed by atoms with van der Waals surface area (Å²) in [4.78, 5) is 12.0. The zero-order valence-electron chi connectivity index (χ0n) is 10.8. The molecule has 0 saturated heterocycles. The SMILES string of the molecule is CCCOC(=O)C(OCCC)c1cccc(Br)c1. The lowest BCUT2D eigenvalue weighted by molar-refractivity contribution is -0.157. The smallest absolute Gasteiger partial charge is 0.339 e. The molecule has 0 aliphatic rings. The molecule has 0 spiro atoms. The van der Waals surface area contributed by atoms with E-state index in [1.165, 1.54) is 0 Å². The van der Waals surface area contributed by atoms with Crippen molar-refractivity contribution in [3.63, 3.8) is 0 Å². The van der Waals surface area contributed by atoms with Crippen LogP contribution in [0.15, 0.2) is 28.7 Å². The quantitative estimate of drug-likeness (QED) is 0.717. The largest absolute Gasteiger partial charge is 0.464 e. The highest BCUT2D eigenvalue weighted by molar-refractivity contribution is 9.10. The van der Waals surface area contributed by atoms with Gasteiger partial charge in [0, 0.05) is 11.1 Å². The molecule has 4 heteroatoms. The first kappa shape index (κ1) is 15.2. The molecular weight excluding hydrogens is 296 g/mol. The number of rotatable bonds is 7. The lowest BCUT2D eigenvalue weighted by atomic mass is 10.1. The summed E-state index contributed by atoms with van der Waals surface area (Å²) in [5.41, 5.74) is 0.818. The van der Waals surface area contributed by atoms with Gasteiger partial charge in [-0.2, -0.15) is 0 Å². The Labute approximate surface area is 117 Å². The minimum absolute atomic E-state index is 0.316. The molecule has 0 saturated carbocycles. The van der Waals surface area contributed by atoms with E-state index in [2.05, 4.69) is 15.9 Å². The molecule has 0 bridgehead atoms. The molecule has 1 aromatic carbocycles. The summed E-state index contributed by atoms with van der Waals surface area (Å²) in [6, 6.07) is 7.55. The second-order valence-corrected chi connectivity index (χ2v) is 4.89. The molecule has 1 rings (SSSR count). The van der Waals surface area contributed by atoms with Crippen molar-refractivity contribution in [2.24, 2.45) is 0 Å². The number of ether oxygens (including phenoxy) is 2. The van der Waals surface area contributed by atoms with Crippen molar-refractivity contribution in [1.29, 1.82) is 0 Å². The maximum atomic E-state index is 12.0. The summed E-state index contributed by atoms with van der Waals surface area (Å²) in [6.45, 7) is 4.95. The van der Waals surface area contributed by atoms with Crippen LogP contribution < -0.4 is 0 Å². The van der Waals surface area contributed by atoms with E-state index >= 15 is 0 Å². The third-order valence-electron chi connectivity index (χ3n) is 2.30. The van der Waals surface area contributed by atoms with Crippen molar-refractivity contribution in [3.05, 3.63) is 34.3 Å². The summed E-state index contributed by atoms with van der Waals surface area (Å²) < 4.78 is 11.7. The van der Waals surface area contributed by atoms with Crippen molar-refractivity contribution < 1.29 is 14.3 Å². The van der Waals surface area contributed by atoms with Crippen LogP contribution in [0.4, 0.5) is 0 Å². The van der Waals surface area contributed by atoms with Crippen LogP contribution in [0, 0.1) is 0 Å². The van der Waals surface area contributed by atoms with Crippen LogP contribution in [-0.4, -0.2) is 19.2 Å². The van der Waals surface area contributed by atoms with Crippen molar-refractivity contribution in [2.75, 3.05) is 13.2 Å². The standard InChI is InChI=1S/C14H19BrO3/c1-3-8-17-13(14(16)18-9-4-2)11-6-5-7-12(15)10-11/h5-7,10,13H,3-4,8-9H2,1-2H3. The second-order valence-electron chi connectivity index (χ2n) is 3.97. The highest BCUT2D eigenvalue weighted by Gasteiger charge is 2.22. The van der Waals surface area contributed by atoms with Gasteiger partial charge >= 0.3 is 5.97 Å². The molecule has 0 aliphatic carbocycles. The number of esters is 1. The summed E-state index contributed by atoms with van der Waals surface area (Å²) >= 11 is 3.39. The van der Waals surface area contributed by atoms with Gasteiger partial charge in [-0.3, -0.25) is 0 Å². The van der Waals surface area contributed by atoms with E-state index in [9.17, 15) is 4.79 Å². The second kappa shape index (κ2) is 8.27. The molecule has 0 fully saturated rings.